The quantitative estimate of drug-likeness (QED) is 0.463. The minimum Gasteiger partial charge on any atom is -0.484 e. The van der Waals surface area contributed by atoms with Gasteiger partial charge in [-0.25, -0.2) is 18.1 Å². The number of carbonyl (C=O) groups excluding carboxylic acids is 3. The van der Waals surface area contributed by atoms with Gasteiger partial charge in [0.1, 0.15) is 18.0 Å². The van der Waals surface area contributed by atoms with Crippen molar-refractivity contribution >= 4 is 33.7 Å². The van der Waals surface area contributed by atoms with Crippen LogP contribution in [-0.4, -0.2) is 63.2 Å². The average Bonchev–Trinajstić information content (AvgIpc) is 3.65. The van der Waals surface area contributed by atoms with Crippen molar-refractivity contribution in [3.8, 4) is 11.8 Å². The predicted octanol–water partition coefficient (Wildman–Crippen LogP) is 2.77. The van der Waals surface area contributed by atoms with Crippen molar-refractivity contribution < 1.29 is 37.0 Å². The molecule has 0 spiro atoms. The highest BCUT2D eigenvalue weighted by Gasteiger charge is 2.42. The summed E-state index contributed by atoms with van der Waals surface area (Å²) >= 11 is 0. The van der Waals surface area contributed by atoms with Crippen LogP contribution in [0.2, 0.25) is 0 Å². The summed E-state index contributed by atoms with van der Waals surface area (Å²) < 4.78 is 45.4. The lowest BCUT2D eigenvalue weighted by molar-refractivity contribution is -0.150. The molecular formula is C28H27N3O8S. The Hall–Kier alpha value is -4.11. The standard InChI is InChI=1S/C28H27N3O8S/c29-13-19-2-1-3-22(9-19)40(35,36)31-15-21(14-30-26(32)16-37-28(30)34)38-24-7-5-18(10-23(24)31)12-27(33)39-25-11-17-4-6-20(25)8-17/h1-3,5,7,9-10,17,20-21,25H,4,6,8,11-12,14-16H2/t17-,20+,21+,25-/m1/s1. The number of carbonyl (C=O) groups is 3. The highest BCUT2D eigenvalue weighted by molar-refractivity contribution is 7.92. The van der Waals surface area contributed by atoms with Crippen LogP contribution in [0.1, 0.15) is 36.8 Å². The van der Waals surface area contributed by atoms with Crippen LogP contribution in [0.3, 0.4) is 0 Å². The molecule has 0 radical (unpaired) electrons. The fraction of sp³-hybridized carbons (Fsp3) is 0.429. The van der Waals surface area contributed by atoms with Gasteiger partial charge in [-0.3, -0.25) is 13.9 Å². The molecule has 11 nitrogen and oxygen atoms in total. The molecular weight excluding hydrogens is 538 g/mol. The van der Waals surface area contributed by atoms with Gasteiger partial charge in [-0.15, -0.1) is 0 Å². The molecule has 2 amide bonds. The van der Waals surface area contributed by atoms with Crippen LogP contribution in [0.25, 0.3) is 0 Å². The zero-order valence-corrected chi connectivity index (χ0v) is 22.3. The first kappa shape index (κ1) is 26.1. The summed E-state index contributed by atoms with van der Waals surface area (Å²) in [6.07, 6.45) is 2.49. The predicted molar refractivity (Wildman–Crippen MR) is 139 cm³/mol. The fourth-order valence-electron chi connectivity index (χ4n) is 6.11. The summed E-state index contributed by atoms with van der Waals surface area (Å²) in [5.41, 5.74) is 0.936. The second-order valence-electron chi connectivity index (χ2n) is 10.7. The van der Waals surface area contributed by atoms with Crippen LogP contribution in [0, 0.1) is 23.2 Å². The molecule has 2 heterocycles. The molecule has 4 atom stereocenters. The normalized spacial score (nSPS) is 25.3. The van der Waals surface area contributed by atoms with Gasteiger partial charge in [-0.05, 0) is 73.4 Å². The van der Waals surface area contributed by atoms with Crippen molar-refractivity contribution in [3.05, 3.63) is 53.6 Å². The Morgan fingerprint density at radius 3 is 2.67 bits per heavy atom. The second kappa shape index (κ2) is 10.1. The molecule has 2 aromatic rings. The molecule has 6 rings (SSSR count). The number of hydrogen-bond acceptors (Lipinski definition) is 9. The molecule has 1 saturated heterocycles. The van der Waals surface area contributed by atoms with Gasteiger partial charge in [0.25, 0.3) is 15.9 Å². The Morgan fingerprint density at radius 1 is 1.12 bits per heavy atom. The van der Waals surface area contributed by atoms with E-state index in [0.29, 0.717) is 17.4 Å². The first-order valence-corrected chi connectivity index (χ1v) is 14.6. The maximum absolute atomic E-state index is 13.9. The second-order valence-corrected chi connectivity index (χ2v) is 12.5. The van der Waals surface area contributed by atoms with Crippen LogP contribution in [0.15, 0.2) is 47.4 Å². The molecule has 4 aliphatic rings. The number of rotatable bonds is 7. The lowest BCUT2D eigenvalue weighted by Gasteiger charge is -2.36. The topological polar surface area (TPSA) is 143 Å². The van der Waals surface area contributed by atoms with Crippen molar-refractivity contribution in [1.82, 2.24) is 4.90 Å². The van der Waals surface area contributed by atoms with Gasteiger partial charge < -0.3 is 14.2 Å². The molecule has 12 heteroatoms. The van der Waals surface area contributed by atoms with Crippen molar-refractivity contribution in [2.45, 2.75) is 49.2 Å². The van der Waals surface area contributed by atoms with Gasteiger partial charge in [-0.1, -0.05) is 12.1 Å². The summed E-state index contributed by atoms with van der Waals surface area (Å²) in [4.78, 5) is 37.7. The third kappa shape index (κ3) is 4.86. The maximum Gasteiger partial charge on any atom is 0.417 e. The van der Waals surface area contributed by atoms with E-state index in [1.807, 2.05) is 6.07 Å². The summed E-state index contributed by atoms with van der Waals surface area (Å²) in [5.74, 6) is 0.357. The molecule has 0 aromatic heterocycles. The summed E-state index contributed by atoms with van der Waals surface area (Å²) in [6, 6.07) is 12.4. The molecule has 2 aliphatic heterocycles. The van der Waals surface area contributed by atoms with Crippen molar-refractivity contribution in [2.75, 3.05) is 24.0 Å². The number of sulfonamides is 1. The molecule has 2 aromatic carbocycles. The van der Waals surface area contributed by atoms with E-state index >= 15 is 0 Å². The van der Waals surface area contributed by atoms with E-state index in [1.54, 1.807) is 18.2 Å². The molecule has 208 valence electrons. The largest absolute Gasteiger partial charge is 0.484 e. The van der Waals surface area contributed by atoms with Gasteiger partial charge in [0.2, 0.25) is 0 Å². The Morgan fingerprint density at radius 2 is 1.98 bits per heavy atom. The van der Waals surface area contributed by atoms with Crippen molar-refractivity contribution in [3.63, 3.8) is 0 Å². The fourth-order valence-corrected chi connectivity index (χ4v) is 7.66. The Balaban J connectivity index is 1.28. The summed E-state index contributed by atoms with van der Waals surface area (Å²) in [7, 11) is -4.20. The van der Waals surface area contributed by atoms with Gasteiger partial charge in [0, 0.05) is 0 Å². The van der Waals surface area contributed by atoms with Gasteiger partial charge >= 0.3 is 12.1 Å². The molecule has 0 N–H and O–H groups in total. The molecule has 2 bridgehead atoms. The summed E-state index contributed by atoms with van der Waals surface area (Å²) in [5, 5.41) is 9.30. The lowest BCUT2D eigenvalue weighted by atomic mass is 9.98. The van der Waals surface area contributed by atoms with Gasteiger partial charge in [0.05, 0.1) is 41.7 Å². The number of nitrogens with zero attached hydrogens (tertiary/aromatic N) is 3. The highest BCUT2D eigenvalue weighted by atomic mass is 32.2. The minimum absolute atomic E-state index is 0.0312. The van der Waals surface area contributed by atoms with Crippen LogP contribution in [-0.2, 0) is 35.5 Å². The Labute approximate surface area is 231 Å². The van der Waals surface area contributed by atoms with Crippen LogP contribution >= 0.6 is 0 Å². The van der Waals surface area contributed by atoms with E-state index in [2.05, 4.69) is 0 Å². The van der Waals surface area contributed by atoms with Crippen molar-refractivity contribution in [1.29, 1.82) is 5.26 Å². The Kier molecular flexibility index (Phi) is 6.62. The number of ether oxygens (including phenoxy) is 3. The molecule has 0 unspecified atom stereocenters. The molecule has 3 fully saturated rings. The average molecular weight is 566 g/mol. The number of benzene rings is 2. The maximum atomic E-state index is 13.9. The number of esters is 1. The van der Waals surface area contributed by atoms with E-state index in [9.17, 15) is 28.1 Å². The van der Waals surface area contributed by atoms with Crippen LogP contribution < -0.4 is 9.04 Å². The van der Waals surface area contributed by atoms with E-state index < -0.39 is 28.1 Å². The molecule has 2 saturated carbocycles. The smallest absolute Gasteiger partial charge is 0.417 e. The van der Waals surface area contributed by atoms with Crippen LogP contribution in [0.5, 0.6) is 5.75 Å². The summed E-state index contributed by atoms with van der Waals surface area (Å²) in [6.45, 7) is -0.811. The zero-order valence-electron chi connectivity index (χ0n) is 21.5. The van der Waals surface area contributed by atoms with E-state index in [0.717, 1.165) is 28.5 Å². The number of fused-ring (bicyclic) bond motifs is 3. The first-order valence-electron chi connectivity index (χ1n) is 13.2. The van der Waals surface area contributed by atoms with Gasteiger partial charge in [-0.2, -0.15) is 5.26 Å². The number of nitriles is 1. The lowest BCUT2D eigenvalue weighted by Crippen LogP contribution is -2.49. The first-order chi connectivity index (χ1) is 19.2. The molecule has 40 heavy (non-hydrogen) atoms. The number of imide groups is 1. The molecule has 2 aliphatic carbocycles. The van der Waals surface area contributed by atoms with Crippen LogP contribution in [0.4, 0.5) is 10.5 Å². The van der Waals surface area contributed by atoms with Gasteiger partial charge in [0.15, 0.2) is 6.61 Å². The monoisotopic (exact) mass is 565 g/mol. The third-order valence-electron chi connectivity index (χ3n) is 8.04. The van der Waals surface area contributed by atoms with E-state index in [-0.39, 0.29) is 60.1 Å². The van der Waals surface area contributed by atoms with E-state index in [4.69, 9.17) is 14.2 Å². The van der Waals surface area contributed by atoms with Crippen molar-refractivity contribution in [2.24, 2.45) is 11.8 Å². The van der Waals surface area contributed by atoms with E-state index in [1.165, 1.54) is 30.7 Å². The Bertz CT molecular complexity index is 1520. The number of hydrogen-bond donors (Lipinski definition) is 0. The third-order valence-corrected chi connectivity index (χ3v) is 9.81. The number of cyclic esters (lactones) is 1. The zero-order chi connectivity index (χ0) is 28.0. The number of anilines is 1. The highest BCUT2D eigenvalue weighted by Crippen LogP contribution is 2.46. The minimum atomic E-state index is -4.20. The number of amides is 2. The SMILES string of the molecule is N#Cc1cccc(S(=O)(=O)N2C[C@H](CN3C(=O)COC3=O)Oc3ccc(CC(=O)O[C@@H]4C[C@@H]5CC[C@H]4C5)cc32)c1.